The van der Waals surface area contributed by atoms with Gasteiger partial charge in [-0.3, -0.25) is 4.79 Å². The van der Waals surface area contributed by atoms with Crippen molar-refractivity contribution in [1.29, 1.82) is 0 Å². The van der Waals surface area contributed by atoms with Gasteiger partial charge in [0, 0.05) is 18.2 Å². The predicted octanol–water partition coefficient (Wildman–Crippen LogP) is 3.10. The summed E-state index contributed by atoms with van der Waals surface area (Å²) in [5.41, 5.74) is 0.538. The SMILES string of the molecule is CS(=O)(=O)c1cccc(C(=O)CC2CC3CCC2C3)c1. The van der Waals surface area contributed by atoms with E-state index < -0.39 is 9.84 Å². The molecule has 0 amide bonds. The molecule has 2 bridgehead atoms. The van der Waals surface area contributed by atoms with Gasteiger partial charge in [-0.15, -0.1) is 0 Å². The highest BCUT2D eigenvalue weighted by molar-refractivity contribution is 7.90. The van der Waals surface area contributed by atoms with E-state index in [0.717, 1.165) is 11.8 Å². The molecule has 3 atom stereocenters. The summed E-state index contributed by atoms with van der Waals surface area (Å²) in [5.74, 6) is 2.17. The normalized spacial score (nSPS) is 28.8. The molecule has 2 aliphatic rings. The summed E-state index contributed by atoms with van der Waals surface area (Å²) in [6, 6.07) is 6.45. The fourth-order valence-corrected chi connectivity index (χ4v) is 4.55. The Bertz CT molecular complexity index is 633. The first-order valence-electron chi connectivity index (χ1n) is 7.27. The lowest BCUT2D eigenvalue weighted by atomic mass is 9.84. The fourth-order valence-electron chi connectivity index (χ4n) is 3.88. The van der Waals surface area contributed by atoms with Crippen molar-refractivity contribution in [3.63, 3.8) is 0 Å². The van der Waals surface area contributed by atoms with E-state index in [1.807, 2.05) is 0 Å². The molecule has 1 aromatic rings. The highest BCUT2D eigenvalue weighted by atomic mass is 32.2. The molecule has 0 aromatic heterocycles. The number of hydrogen-bond acceptors (Lipinski definition) is 3. The summed E-state index contributed by atoms with van der Waals surface area (Å²) in [4.78, 5) is 12.6. The van der Waals surface area contributed by atoms with Crippen LogP contribution in [0.15, 0.2) is 29.2 Å². The minimum atomic E-state index is -3.25. The Morgan fingerprint density at radius 2 is 2.05 bits per heavy atom. The van der Waals surface area contributed by atoms with Crippen molar-refractivity contribution in [1.82, 2.24) is 0 Å². The molecule has 0 heterocycles. The minimum absolute atomic E-state index is 0.0908. The van der Waals surface area contributed by atoms with Gasteiger partial charge in [0.1, 0.15) is 0 Å². The van der Waals surface area contributed by atoms with Gasteiger partial charge >= 0.3 is 0 Å². The van der Waals surface area contributed by atoms with Gasteiger partial charge in [0.05, 0.1) is 4.90 Å². The van der Waals surface area contributed by atoms with Gasteiger partial charge in [-0.25, -0.2) is 8.42 Å². The second kappa shape index (κ2) is 4.99. The average Bonchev–Trinajstić information content (AvgIpc) is 3.00. The van der Waals surface area contributed by atoms with Crippen LogP contribution in [0.1, 0.15) is 42.5 Å². The van der Waals surface area contributed by atoms with Crippen LogP contribution in [0.25, 0.3) is 0 Å². The van der Waals surface area contributed by atoms with Gasteiger partial charge in [0.25, 0.3) is 0 Å². The minimum Gasteiger partial charge on any atom is -0.294 e. The van der Waals surface area contributed by atoms with Crippen molar-refractivity contribution < 1.29 is 13.2 Å². The van der Waals surface area contributed by atoms with Gasteiger partial charge in [0.15, 0.2) is 15.6 Å². The lowest BCUT2D eigenvalue weighted by Crippen LogP contribution is -2.15. The zero-order valence-electron chi connectivity index (χ0n) is 11.7. The van der Waals surface area contributed by atoms with Crippen molar-refractivity contribution >= 4 is 15.6 Å². The number of fused-ring (bicyclic) bond motifs is 2. The molecule has 0 N–H and O–H groups in total. The second-order valence-electron chi connectivity index (χ2n) is 6.36. The van der Waals surface area contributed by atoms with E-state index in [9.17, 15) is 13.2 Å². The Balaban J connectivity index is 1.74. The van der Waals surface area contributed by atoms with Crippen LogP contribution >= 0.6 is 0 Å². The van der Waals surface area contributed by atoms with Crippen LogP contribution in [0.2, 0.25) is 0 Å². The Labute approximate surface area is 120 Å². The summed E-state index contributed by atoms with van der Waals surface area (Å²) in [5, 5.41) is 0. The van der Waals surface area contributed by atoms with E-state index in [2.05, 4.69) is 0 Å². The third-order valence-corrected chi connectivity index (χ3v) is 6.03. The molecule has 2 saturated carbocycles. The van der Waals surface area contributed by atoms with Gasteiger partial charge in [-0.05, 0) is 49.1 Å². The Hall–Kier alpha value is -1.16. The highest BCUT2D eigenvalue weighted by Gasteiger charge is 2.40. The number of carbonyl (C=O) groups is 1. The molecule has 0 radical (unpaired) electrons. The van der Waals surface area contributed by atoms with Crippen LogP contribution in [0.5, 0.6) is 0 Å². The number of Topliss-reactive ketones (excluding diaryl/α,β-unsaturated/α-hetero) is 1. The molecule has 1 aromatic carbocycles. The smallest absolute Gasteiger partial charge is 0.175 e. The fraction of sp³-hybridized carbons (Fsp3) is 0.562. The lowest BCUT2D eigenvalue weighted by molar-refractivity contribution is 0.0944. The zero-order chi connectivity index (χ0) is 14.3. The standard InChI is InChI=1S/C16H20O3S/c1-20(18,19)15-4-2-3-13(9-15)16(17)10-14-8-11-5-6-12(14)7-11/h2-4,9,11-12,14H,5-8,10H2,1H3. The molecule has 0 aliphatic heterocycles. The van der Waals surface area contributed by atoms with Crippen LogP contribution in [0, 0.1) is 17.8 Å². The number of sulfone groups is 1. The number of ketones is 1. The molecule has 3 rings (SSSR count). The number of rotatable bonds is 4. The van der Waals surface area contributed by atoms with Crippen molar-refractivity contribution in [2.75, 3.05) is 6.26 Å². The predicted molar refractivity (Wildman–Crippen MR) is 77.4 cm³/mol. The first kappa shape index (κ1) is 13.8. The molecular weight excluding hydrogens is 272 g/mol. The third-order valence-electron chi connectivity index (χ3n) is 4.92. The topological polar surface area (TPSA) is 51.2 Å². The van der Waals surface area contributed by atoms with Gasteiger partial charge < -0.3 is 0 Å². The maximum absolute atomic E-state index is 12.4. The summed E-state index contributed by atoms with van der Waals surface area (Å²) >= 11 is 0. The average molecular weight is 292 g/mol. The molecule has 2 fully saturated rings. The third kappa shape index (κ3) is 2.66. The number of benzene rings is 1. The monoisotopic (exact) mass is 292 g/mol. The molecule has 3 nitrogen and oxygen atoms in total. The van der Waals surface area contributed by atoms with E-state index in [-0.39, 0.29) is 10.7 Å². The van der Waals surface area contributed by atoms with Gasteiger partial charge in [-0.1, -0.05) is 18.6 Å². The van der Waals surface area contributed by atoms with Crippen LogP contribution in [0.4, 0.5) is 0 Å². The van der Waals surface area contributed by atoms with Crippen LogP contribution in [-0.2, 0) is 9.84 Å². The zero-order valence-corrected chi connectivity index (χ0v) is 12.5. The van der Waals surface area contributed by atoms with E-state index in [0.29, 0.717) is 17.9 Å². The van der Waals surface area contributed by atoms with Crippen molar-refractivity contribution in [2.24, 2.45) is 17.8 Å². The molecule has 4 heteroatoms. The highest BCUT2D eigenvalue weighted by Crippen LogP contribution is 2.49. The summed E-state index contributed by atoms with van der Waals surface area (Å²) in [6.07, 6.45) is 6.83. The molecule has 2 aliphatic carbocycles. The van der Waals surface area contributed by atoms with Crippen LogP contribution < -0.4 is 0 Å². The maximum atomic E-state index is 12.4. The summed E-state index contributed by atoms with van der Waals surface area (Å²) in [7, 11) is -3.25. The Kier molecular flexibility index (Phi) is 3.44. The summed E-state index contributed by atoms with van der Waals surface area (Å²) in [6.45, 7) is 0. The molecule has 20 heavy (non-hydrogen) atoms. The number of carbonyl (C=O) groups excluding carboxylic acids is 1. The van der Waals surface area contributed by atoms with Crippen LogP contribution in [0.3, 0.4) is 0 Å². The first-order valence-corrected chi connectivity index (χ1v) is 9.16. The second-order valence-corrected chi connectivity index (χ2v) is 8.38. The molecule has 3 unspecified atom stereocenters. The molecule has 0 spiro atoms. The van der Waals surface area contributed by atoms with Crippen LogP contribution in [-0.4, -0.2) is 20.5 Å². The van der Waals surface area contributed by atoms with E-state index in [4.69, 9.17) is 0 Å². The van der Waals surface area contributed by atoms with Gasteiger partial charge in [-0.2, -0.15) is 0 Å². The van der Waals surface area contributed by atoms with Crippen molar-refractivity contribution in [3.8, 4) is 0 Å². The van der Waals surface area contributed by atoms with E-state index in [1.54, 1.807) is 18.2 Å². The molecule has 108 valence electrons. The molecular formula is C16H20O3S. The van der Waals surface area contributed by atoms with Crippen molar-refractivity contribution in [2.45, 2.75) is 37.0 Å². The first-order chi connectivity index (χ1) is 9.43. The van der Waals surface area contributed by atoms with E-state index >= 15 is 0 Å². The largest absolute Gasteiger partial charge is 0.294 e. The van der Waals surface area contributed by atoms with Gasteiger partial charge in [0.2, 0.25) is 0 Å². The quantitative estimate of drug-likeness (QED) is 0.801. The maximum Gasteiger partial charge on any atom is 0.175 e. The Morgan fingerprint density at radius 3 is 2.65 bits per heavy atom. The number of hydrogen-bond donors (Lipinski definition) is 0. The Morgan fingerprint density at radius 1 is 1.25 bits per heavy atom. The van der Waals surface area contributed by atoms with E-state index in [1.165, 1.54) is 38.0 Å². The lowest BCUT2D eigenvalue weighted by Gasteiger charge is -2.20. The molecule has 0 saturated heterocycles. The summed E-state index contributed by atoms with van der Waals surface area (Å²) < 4.78 is 23.1. The van der Waals surface area contributed by atoms with Crippen molar-refractivity contribution in [3.05, 3.63) is 29.8 Å².